The average molecular weight is 826 g/mol. The van der Waals surface area contributed by atoms with Crippen molar-refractivity contribution in [3.63, 3.8) is 0 Å². The quantitative estimate of drug-likeness (QED) is 0.131. The minimum atomic E-state index is -0.834. The van der Waals surface area contributed by atoms with Crippen molar-refractivity contribution in [3.8, 4) is 45.3 Å². The molecule has 9 heteroatoms. The van der Waals surface area contributed by atoms with E-state index in [1.165, 1.54) is 6.20 Å². The first-order valence-corrected chi connectivity index (χ1v) is 20.9. The first-order chi connectivity index (χ1) is 31.0. The standard InChI is InChI=1S/C54H39N3O6/c58-52(62-47-32-56-50(35-18-6-2-7-19-35)44-26-14-11-23-41(44)47)37-28-38(53(59)63-48-33-57-51(36-20-8-3-9-21-36)45-27-15-12-24-42(45)48)30-39(29-37)61-54(60)46-31-55-49(34-16-4-1-5-17-34)43-25-13-10-22-40(43)46/h1-27,31-33,37-39H,28-30H2. The smallest absolute Gasteiger partial charge is 0.340 e. The Labute approximate surface area is 363 Å². The molecule has 10 rings (SSSR count). The van der Waals surface area contributed by atoms with E-state index in [0.29, 0.717) is 27.7 Å². The molecule has 9 aromatic rings. The molecular formula is C54H39N3O6. The summed E-state index contributed by atoms with van der Waals surface area (Å²) in [6, 6.07) is 52.2. The van der Waals surface area contributed by atoms with Gasteiger partial charge in [-0.25, -0.2) is 4.79 Å². The Morgan fingerprint density at radius 1 is 0.397 bits per heavy atom. The molecule has 1 saturated carbocycles. The number of carbonyl (C=O) groups excluding carboxylic acids is 3. The predicted octanol–water partition coefficient (Wildman–Crippen LogP) is 11.5. The van der Waals surface area contributed by atoms with Crippen molar-refractivity contribution in [2.45, 2.75) is 25.4 Å². The molecule has 306 valence electrons. The van der Waals surface area contributed by atoms with Gasteiger partial charge in [0.1, 0.15) is 6.10 Å². The monoisotopic (exact) mass is 825 g/mol. The molecule has 0 radical (unpaired) electrons. The highest BCUT2D eigenvalue weighted by atomic mass is 16.6. The minimum absolute atomic E-state index is 0.114. The lowest BCUT2D eigenvalue weighted by atomic mass is 9.79. The molecule has 0 saturated heterocycles. The molecule has 6 aromatic carbocycles. The van der Waals surface area contributed by atoms with Crippen molar-refractivity contribution < 1.29 is 28.6 Å². The van der Waals surface area contributed by atoms with Crippen LogP contribution in [0, 0.1) is 11.8 Å². The molecule has 0 bridgehead atoms. The van der Waals surface area contributed by atoms with Crippen molar-refractivity contribution in [2.75, 3.05) is 0 Å². The number of hydrogen-bond acceptors (Lipinski definition) is 9. The first-order valence-electron chi connectivity index (χ1n) is 20.9. The van der Waals surface area contributed by atoms with Crippen molar-refractivity contribution in [2.24, 2.45) is 11.8 Å². The third-order valence-corrected chi connectivity index (χ3v) is 11.7. The van der Waals surface area contributed by atoms with Crippen LogP contribution in [0.1, 0.15) is 29.6 Å². The molecule has 3 aromatic heterocycles. The largest absolute Gasteiger partial charge is 0.459 e. The summed E-state index contributed by atoms with van der Waals surface area (Å²) in [6.07, 6.45) is 4.19. The van der Waals surface area contributed by atoms with Gasteiger partial charge in [0.25, 0.3) is 0 Å². The second kappa shape index (κ2) is 17.1. The fourth-order valence-electron chi connectivity index (χ4n) is 8.68. The first kappa shape index (κ1) is 39.1. The number of esters is 3. The zero-order valence-electron chi connectivity index (χ0n) is 34.0. The van der Waals surface area contributed by atoms with Crippen LogP contribution in [-0.4, -0.2) is 39.0 Å². The summed E-state index contributed by atoms with van der Waals surface area (Å²) in [5.74, 6) is -2.80. The molecule has 63 heavy (non-hydrogen) atoms. The van der Waals surface area contributed by atoms with Crippen molar-refractivity contribution >= 4 is 50.2 Å². The number of benzene rings is 6. The fraction of sp³-hybridized carbons (Fsp3) is 0.111. The molecule has 9 nitrogen and oxygen atoms in total. The maximum atomic E-state index is 14.3. The molecule has 3 heterocycles. The van der Waals surface area contributed by atoms with E-state index in [4.69, 9.17) is 29.2 Å². The van der Waals surface area contributed by atoms with Gasteiger partial charge in [0.2, 0.25) is 0 Å². The van der Waals surface area contributed by atoms with Gasteiger partial charge in [-0.2, -0.15) is 0 Å². The van der Waals surface area contributed by atoms with Crippen molar-refractivity contribution in [3.05, 3.63) is 188 Å². The van der Waals surface area contributed by atoms with Crippen LogP contribution in [0.15, 0.2) is 182 Å². The number of rotatable bonds is 9. The van der Waals surface area contributed by atoms with E-state index in [0.717, 1.165) is 49.9 Å². The predicted molar refractivity (Wildman–Crippen MR) is 243 cm³/mol. The van der Waals surface area contributed by atoms with Gasteiger partial charge in [-0.05, 0) is 24.6 Å². The molecule has 0 amide bonds. The highest BCUT2D eigenvalue weighted by Crippen LogP contribution is 2.39. The van der Waals surface area contributed by atoms with Gasteiger partial charge in [-0.15, -0.1) is 0 Å². The SMILES string of the molecule is O=C(OC1CC(C(=O)Oc2cnc(-c3ccccc3)c3ccccc23)CC(C(=O)Oc2cnc(-c3ccccc3)c3ccccc23)C1)c1cnc(-c2ccccc2)c2ccccc12. The van der Waals surface area contributed by atoms with Crippen LogP contribution in [0.2, 0.25) is 0 Å². The van der Waals surface area contributed by atoms with Crippen molar-refractivity contribution in [1.82, 2.24) is 15.0 Å². The minimum Gasteiger partial charge on any atom is -0.459 e. The lowest BCUT2D eigenvalue weighted by molar-refractivity contribution is -0.148. The van der Waals surface area contributed by atoms with Crippen LogP contribution >= 0.6 is 0 Å². The molecular weight excluding hydrogens is 787 g/mol. The summed E-state index contributed by atoms with van der Waals surface area (Å²) in [4.78, 5) is 57.0. The fourth-order valence-corrected chi connectivity index (χ4v) is 8.68. The van der Waals surface area contributed by atoms with Gasteiger partial charge >= 0.3 is 17.9 Å². The molecule has 1 fully saturated rings. The van der Waals surface area contributed by atoms with Gasteiger partial charge in [-0.3, -0.25) is 24.5 Å². The second-order valence-electron chi connectivity index (χ2n) is 15.7. The molecule has 0 N–H and O–H groups in total. The molecule has 0 spiro atoms. The Kier molecular flexibility index (Phi) is 10.6. The third-order valence-electron chi connectivity index (χ3n) is 11.7. The van der Waals surface area contributed by atoms with Crippen LogP contribution in [0.5, 0.6) is 11.5 Å². The maximum absolute atomic E-state index is 14.3. The van der Waals surface area contributed by atoms with Crippen LogP contribution < -0.4 is 9.47 Å². The number of aromatic nitrogens is 3. The summed E-state index contributed by atoms with van der Waals surface area (Å²) < 4.78 is 18.6. The Morgan fingerprint density at radius 3 is 1.17 bits per heavy atom. The summed E-state index contributed by atoms with van der Waals surface area (Å²) in [7, 11) is 0. The molecule has 2 atom stereocenters. The van der Waals surface area contributed by atoms with E-state index in [1.807, 2.05) is 164 Å². The summed E-state index contributed by atoms with van der Waals surface area (Å²) in [6.45, 7) is 0. The van der Waals surface area contributed by atoms with Gasteiger partial charge in [0.15, 0.2) is 11.5 Å². The molecule has 1 aliphatic rings. The van der Waals surface area contributed by atoms with E-state index < -0.39 is 35.8 Å². The number of ether oxygens (including phenoxy) is 3. The van der Waals surface area contributed by atoms with Crippen LogP contribution in [0.25, 0.3) is 66.1 Å². The zero-order chi connectivity index (χ0) is 42.7. The molecule has 0 aliphatic heterocycles. The van der Waals surface area contributed by atoms with E-state index in [1.54, 1.807) is 12.4 Å². The lowest BCUT2D eigenvalue weighted by Gasteiger charge is -2.32. The Bertz CT molecular complexity index is 3020. The molecule has 2 unspecified atom stereocenters. The number of carbonyl (C=O) groups is 3. The van der Waals surface area contributed by atoms with E-state index in [9.17, 15) is 14.4 Å². The summed E-state index contributed by atoms with van der Waals surface area (Å²) >= 11 is 0. The number of nitrogens with zero attached hydrogens (tertiary/aromatic N) is 3. The number of fused-ring (bicyclic) bond motifs is 3. The average Bonchev–Trinajstić information content (AvgIpc) is 3.34. The number of pyridine rings is 3. The van der Waals surface area contributed by atoms with Crippen LogP contribution in [-0.2, 0) is 14.3 Å². The second-order valence-corrected chi connectivity index (χ2v) is 15.7. The highest BCUT2D eigenvalue weighted by molar-refractivity contribution is 6.08. The van der Waals surface area contributed by atoms with Crippen LogP contribution in [0.3, 0.4) is 0 Å². The van der Waals surface area contributed by atoms with Gasteiger partial charge < -0.3 is 14.2 Å². The maximum Gasteiger partial charge on any atom is 0.340 e. The molecule has 1 aliphatic carbocycles. The van der Waals surface area contributed by atoms with Gasteiger partial charge in [0.05, 0.1) is 46.9 Å². The summed E-state index contributed by atoms with van der Waals surface area (Å²) in [5, 5.41) is 4.55. The summed E-state index contributed by atoms with van der Waals surface area (Å²) in [5.41, 5.74) is 5.32. The van der Waals surface area contributed by atoms with Crippen LogP contribution in [0.4, 0.5) is 0 Å². The highest BCUT2D eigenvalue weighted by Gasteiger charge is 2.40. The van der Waals surface area contributed by atoms with Crippen molar-refractivity contribution in [1.29, 1.82) is 0 Å². The topological polar surface area (TPSA) is 118 Å². The Balaban J connectivity index is 0.959. The third kappa shape index (κ3) is 7.88. The normalized spacial score (nSPS) is 16.1. The van der Waals surface area contributed by atoms with E-state index >= 15 is 0 Å². The van der Waals surface area contributed by atoms with Gasteiger partial charge in [0, 0.05) is 49.8 Å². The number of hydrogen-bond donors (Lipinski definition) is 0. The van der Waals surface area contributed by atoms with E-state index in [-0.39, 0.29) is 24.8 Å². The lowest BCUT2D eigenvalue weighted by Crippen LogP contribution is -2.39. The van der Waals surface area contributed by atoms with E-state index in [2.05, 4.69) is 0 Å². The Hall–Kier alpha value is -8.04. The van der Waals surface area contributed by atoms with Gasteiger partial charge in [-0.1, -0.05) is 164 Å². The Morgan fingerprint density at radius 2 is 0.746 bits per heavy atom. The zero-order valence-corrected chi connectivity index (χ0v) is 34.0.